The molecular weight excluding hydrogens is 342 g/mol. The van der Waals surface area contributed by atoms with Gasteiger partial charge in [-0.3, -0.25) is 9.69 Å². The number of nitrogens with one attached hydrogen (secondary N) is 1. The lowest BCUT2D eigenvalue weighted by atomic mass is 10.1. The van der Waals surface area contributed by atoms with E-state index in [1.54, 1.807) is 6.92 Å². The second-order valence-electron chi connectivity index (χ2n) is 7.04. The van der Waals surface area contributed by atoms with E-state index in [0.29, 0.717) is 31.0 Å². The molecule has 1 aliphatic heterocycles. The van der Waals surface area contributed by atoms with Crippen LogP contribution in [0.1, 0.15) is 37.0 Å². The van der Waals surface area contributed by atoms with E-state index in [2.05, 4.69) is 44.3 Å². The van der Waals surface area contributed by atoms with Crippen molar-refractivity contribution in [2.24, 2.45) is 0 Å². The maximum atomic E-state index is 12.1. The molecule has 1 saturated heterocycles. The molecule has 0 unspecified atom stereocenters. The molecule has 3 rings (SSSR count). The number of hydrogen-bond acceptors (Lipinski definition) is 6. The third-order valence-corrected chi connectivity index (χ3v) is 4.92. The number of hydrogen-bond donors (Lipinski definition) is 1. The molecule has 0 radical (unpaired) electrons. The van der Waals surface area contributed by atoms with Crippen LogP contribution >= 0.6 is 0 Å². The second-order valence-corrected chi connectivity index (χ2v) is 7.04. The van der Waals surface area contributed by atoms with E-state index in [4.69, 9.17) is 4.52 Å². The van der Waals surface area contributed by atoms with Gasteiger partial charge in [-0.1, -0.05) is 24.2 Å². The van der Waals surface area contributed by atoms with E-state index in [1.807, 2.05) is 12.1 Å². The van der Waals surface area contributed by atoms with Crippen molar-refractivity contribution in [1.82, 2.24) is 19.9 Å². The van der Waals surface area contributed by atoms with Crippen molar-refractivity contribution in [3.63, 3.8) is 0 Å². The summed E-state index contributed by atoms with van der Waals surface area (Å²) in [5.74, 6) is 1.22. The number of amides is 1. The van der Waals surface area contributed by atoms with Gasteiger partial charge in [0.05, 0.1) is 0 Å². The minimum Gasteiger partial charge on any atom is -0.339 e. The first kappa shape index (κ1) is 19.5. The zero-order valence-corrected chi connectivity index (χ0v) is 16.3. The van der Waals surface area contributed by atoms with Crippen LogP contribution in [-0.4, -0.2) is 58.6 Å². The van der Waals surface area contributed by atoms with Gasteiger partial charge in [-0.05, 0) is 37.6 Å². The van der Waals surface area contributed by atoms with Crippen molar-refractivity contribution in [3.05, 3.63) is 41.5 Å². The maximum Gasteiger partial charge on any atom is 0.226 e. The van der Waals surface area contributed by atoms with Crippen LogP contribution in [-0.2, 0) is 17.8 Å². The maximum absolute atomic E-state index is 12.1. The van der Waals surface area contributed by atoms with Crippen LogP contribution in [0.25, 0.3) is 0 Å². The molecule has 146 valence electrons. The monoisotopic (exact) mass is 371 g/mol. The molecule has 7 nitrogen and oxygen atoms in total. The highest BCUT2D eigenvalue weighted by atomic mass is 16.5. The lowest BCUT2D eigenvalue weighted by Gasteiger charge is -2.34. The predicted octanol–water partition coefficient (Wildman–Crippen LogP) is 2.48. The normalized spacial score (nSPS) is 15.8. The number of aromatic nitrogens is 2. The topological polar surface area (TPSA) is 74.5 Å². The average Bonchev–Trinajstić information content (AvgIpc) is 3.09. The van der Waals surface area contributed by atoms with E-state index < -0.39 is 0 Å². The standard InChI is InChI=1S/C20H29N5O2/c1-3-24-11-13-25(14-12-24)15-17-7-9-18(10-8-17)22-19(26)5-4-6-20-21-16(2)23-27-20/h7-10H,3-6,11-15H2,1-2H3,(H,22,26). The minimum atomic E-state index is 0.00896. The summed E-state index contributed by atoms with van der Waals surface area (Å²) in [5, 5.41) is 6.70. The highest BCUT2D eigenvalue weighted by Crippen LogP contribution is 2.14. The van der Waals surface area contributed by atoms with Gasteiger partial charge in [-0.15, -0.1) is 0 Å². The molecule has 27 heavy (non-hydrogen) atoms. The van der Waals surface area contributed by atoms with Gasteiger partial charge in [0.15, 0.2) is 5.82 Å². The largest absolute Gasteiger partial charge is 0.339 e. The Morgan fingerprint density at radius 2 is 1.85 bits per heavy atom. The molecule has 1 amide bonds. The first-order valence-electron chi connectivity index (χ1n) is 9.75. The number of anilines is 1. The summed E-state index contributed by atoms with van der Waals surface area (Å²) in [4.78, 5) is 21.2. The summed E-state index contributed by atoms with van der Waals surface area (Å²) in [6.45, 7) is 10.6. The number of rotatable bonds is 8. The average molecular weight is 371 g/mol. The summed E-state index contributed by atoms with van der Waals surface area (Å²) < 4.78 is 5.05. The van der Waals surface area contributed by atoms with Crippen molar-refractivity contribution in [2.75, 3.05) is 38.0 Å². The molecule has 1 N–H and O–H groups in total. The van der Waals surface area contributed by atoms with Gasteiger partial charge in [-0.25, -0.2) is 0 Å². The summed E-state index contributed by atoms with van der Waals surface area (Å²) >= 11 is 0. The molecule has 0 bridgehead atoms. The Kier molecular flexibility index (Phi) is 6.95. The number of piperazine rings is 1. The molecule has 1 fully saturated rings. The zero-order chi connectivity index (χ0) is 19.1. The Balaban J connectivity index is 1.38. The zero-order valence-electron chi connectivity index (χ0n) is 16.3. The van der Waals surface area contributed by atoms with E-state index in [9.17, 15) is 4.79 Å². The molecule has 7 heteroatoms. The van der Waals surface area contributed by atoms with Gasteiger partial charge in [0.2, 0.25) is 11.8 Å². The Morgan fingerprint density at radius 1 is 1.15 bits per heavy atom. The molecule has 0 spiro atoms. The number of carbonyl (C=O) groups excluding carboxylic acids is 1. The van der Waals surface area contributed by atoms with Gasteiger partial charge < -0.3 is 14.7 Å². The lowest BCUT2D eigenvalue weighted by Crippen LogP contribution is -2.45. The fourth-order valence-electron chi connectivity index (χ4n) is 3.28. The number of benzene rings is 1. The molecule has 1 aromatic carbocycles. The molecule has 0 saturated carbocycles. The Bertz CT molecular complexity index is 720. The van der Waals surface area contributed by atoms with Gasteiger partial charge in [0.25, 0.3) is 0 Å². The predicted molar refractivity (Wildman–Crippen MR) is 104 cm³/mol. The van der Waals surface area contributed by atoms with Gasteiger partial charge in [0, 0.05) is 51.3 Å². The fourth-order valence-corrected chi connectivity index (χ4v) is 3.28. The molecule has 0 aliphatic carbocycles. The van der Waals surface area contributed by atoms with Crippen LogP contribution in [0.15, 0.2) is 28.8 Å². The van der Waals surface area contributed by atoms with Crippen LogP contribution in [0.4, 0.5) is 5.69 Å². The van der Waals surface area contributed by atoms with Crippen molar-refractivity contribution in [3.8, 4) is 0 Å². The van der Waals surface area contributed by atoms with Crippen LogP contribution < -0.4 is 5.32 Å². The number of nitrogens with zero attached hydrogens (tertiary/aromatic N) is 4. The van der Waals surface area contributed by atoms with E-state index in [1.165, 1.54) is 5.56 Å². The van der Waals surface area contributed by atoms with Crippen molar-refractivity contribution in [1.29, 1.82) is 0 Å². The van der Waals surface area contributed by atoms with Crippen LogP contribution in [0.3, 0.4) is 0 Å². The minimum absolute atomic E-state index is 0.00896. The summed E-state index contributed by atoms with van der Waals surface area (Å²) in [5.41, 5.74) is 2.12. The molecule has 2 heterocycles. The smallest absolute Gasteiger partial charge is 0.226 e. The van der Waals surface area contributed by atoms with Gasteiger partial charge in [0.1, 0.15) is 0 Å². The van der Waals surface area contributed by atoms with Crippen molar-refractivity contribution >= 4 is 11.6 Å². The van der Waals surface area contributed by atoms with E-state index in [-0.39, 0.29) is 5.91 Å². The quantitative estimate of drug-likeness (QED) is 0.768. The van der Waals surface area contributed by atoms with Crippen LogP contribution in [0.2, 0.25) is 0 Å². The highest BCUT2D eigenvalue weighted by molar-refractivity contribution is 5.90. The fraction of sp³-hybridized carbons (Fsp3) is 0.550. The number of aryl methyl sites for hydroxylation is 2. The van der Waals surface area contributed by atoms with Crippen LogP contribution in [0.5, 0.6) is 0 Å². The van der Waals surface area contributed by atoms with Crippen molar-refractivity contribution in [2.45, 2.75) is 39.7 Å². The Morgan fingerprint density at radius 3 is 2.48 bits per heavy atom. The molecular formula is C20H29N5O2. The summed E-state index contributed by atoms with van der Waals surface area (Å²) in [7, 11) is 0. The molecule has 0 atom stereocenters. The highest BCUT2D eigenvalue weighted by Gasteiger charge is 2.15. The Hall–Kier alpha value is -2.25. The Labute approximate surface area is 160 Å². The third-order valence-electron chi connectivity index (χ3n) is 4.92. The van der Waals surface area contributed by atoms with Gasteiger partial charge in [-0.2, -0.15) is 4.98 Å². The summed E-state index contributed by atoms with van der Waals surface area (Å²) in [6.07, 6.45) is 1.75. The lowest BCUT2D eigenvalue weighted by molar-refractivity contribution is -0.116. The van der Waals surface area contributed by atoms with E-state index >= 15 is 0 Å². The first-order chi connectivity index (χ1) is 13.1. The SMILES string of the molecule is CCN1CCN(Cc2ccc(NC(=O)CCCc3nc(C)no3)cc2)CC1. The van der Waals surface area contributed by atoms with Crippen LogP contribution in [0, 0.1) is 6.92 Å². The first-order valence-corrected chi connectivity index (χ1v) is 9.75. The second kappa shape index (κ2) is 9.62. The summed E-state index contributed by atoms with van der Waals surface area (Å²) in [6, 6.07) is 8.17. The van der Waals surface area contributed by atoms with E-state index in [0.717, 1.165) is 45.0 Å². The molecule has 1 aromatic heterocycles. The molecule has 1 aliphatic rings. The third kappa shape index (κ3) is 6.15. The number of likely N-dealkylation sites (N-methyl/N-ethyl adjacent to an activating group) is 1. The molecule has 2 aromatic rings. The van der Waals surface area contributed by atoms with Gasteiger partial charge >= 0.3 is 0 Å². The number of carbonyl (C=O) groups is 1. The van der Waals surface area contributed by atoms with Crippen molar-refractivity contribution < 1.29 is 9.32 Å².